The van der Waals surface area contributed by atoms with Gasteiger partial charge in [0, 0.05) is 31.1 Å². The molecule has 1 aliphatic heterocycles. The van der Waals surface area contributed by atoms with Crippen molar-refractivity contribution >= 4 is 17.4 Å². The SMILES string of the molecule is Cc1ccc2nc(CSc3nnc4n3CCCCC4)cn2c1. The lowest BCUT2D eigenvalue weighted by molar-refractivity contribution is 0.591. The van der Waals surface area contributed by atoms with Crippen molar-refractivity contribution in [1.29, 1.82) is 0 Å². The molecule has 4 rings (SSSR count). The second kappa shape index (κ2) is 5.76. The van der Waals surface area contributed by atoms with Crippen molar-refractivity contribution in [1.82, 2.24) is 24.1 Å². The third-order valence-electron chi connectivity index (χ3n) is 4.07. The zero-order valence-corrected chi connectivity index (χ0v) is 13.5. The van der Waals surface area contributed by atoms with E-state index in [0.29, 0.717) is 0 Å². The summed E-state index contributed by atoms with van der Waals surface area (Å²) in [5.74, 6) is 1.98. The van der Waals surface area contributed by atoms with Crippen molar-refractivity contribution in [3.8, 4) is 0 Å². The Morgan fingerprint density at radius 3 is 3.05 bits per heavy atom. The Morgan fingerprint density at radius 1 is 1.14 bits per heavy atom. The topological polar surface area (TPSA) is 48.0 Å². The number of fused-ring (bicyclic) bond motifs is 2. The number of hydrogen-bond donors (Lipinski definition) is 0. The van der Waals surface area contributed by atoms with E-state index >= 15 is 0 Å². The van der Waals surface area contributed by atoms with E-state index in [1.54, 1.807) is 11.8 Å². The fourth-order valence-corrected chi connectivity index (χ4v) is 3.80. The number of thioether (sulfide) groups is 1. The highest BCUT2D eigenvalue weighted by Crippen LogP contribution is 2.24. The average Bonchev–Trinajstić information content (AvgIpc) is 3.01. The molecule has 3 aromatic heterocycles. The van der Waals surface area contributed by atoms with E-state index in [9.17, 15) is 0 Å². The number of aryl methyl sites for hydroxylation is 2. The van der Waals surface area contributed by atoms with Gasteiger partial charge in [-0.2, -0.15) is 0 Å². The molecule has 0 spiro atoms. The zero-order chi connectivity index (χ0) is 14.9. The number of hydrogen-bond acceptors (Lipinski definition) is 4. The Bertz CT molecular complexity index is 804. The van der Waals surface area contributed by atoms with Gasteiger partial charge in [-0.15, -0.1) is 10.2 Å². The number of pyridine rings is 1. The lowest BCUT2D eigenvalue weighted by atomic mass is 10.2. The fraction of sp³-hybridized carbons (Fsp3) is 0.438. The van der Waals surface area contributed by atoms with Gasteiger partial charge in [-0.25, -0.2) is 4.98 Å². The molecule has 6 heteroatoms. The van der Waals surface area contributed by atoms with Crippen LogP contribution >= 0.6 is 11.8 Å². The Morgan fingerprint density at radius 2 is 2.09 bits per heavy atom. The van der Waals surface area contributed by atoms with Crippen molar-refractivity contribution in [2.75, 3.05) is 0 Å². The van der Waals surface area contributed by atoms with E-state index in [-0.39, 0.29) is 0 Å². The van der Waals surface area contributed by atoms with Gasteiger partial charge < -0.3 is 8.97 Å². The minimum Gasteiger partial charge on any atom is -0.307 e. The molecule has 0 saturated heterocycles. The summed E-state index contributed by atoms with van der Waals surface area (Å²) in [7, 11) is 0. The summed E-state index contributed by atoms with van der Waals surface area (Å²) in [5, 5.41) is 9.75. The largest absolute Gasteiger partial charge is 0.307 e. The van der Waals surface area contributed by atoms with Crippen LogP contribution in [-0.4, -0.2) is 24.1 Å². The second-order valence-corrected chi connectivity index (χ2v) is 6.80. The molecule has 0 aromatic carbocycles. The highest BCUT2D eigenvalue weighted by molar-refractivity contribution is 7.98. The van der Waals surface area contributed by atoms with Crippen molar-refractivity contribution in [3.63, 3.8) is 0 Å². The van der Waals surface area contributed by atoms with Gasteiger partial charge in [0.2, 0.25) is 0 Å². The van der Waals surface area contributed by atoms with E-state index in [2.05, 4.69) is 55.6 Å². The van der Waals surface area contributed by atoms with Crippen molar-refractivity contribution < 1.29 is 0 Å². The van der Waals surface area contributed by atoms with Gasteiger partial charge in [0.1, 0.15) is 11.5 Å². The van der Waals surface area contributed by atoms with Gasteiger partial charge >= 0.3 is 0 Å². The zero-order valence-electron chi connectivity index (χ0n) is 12.7. The smallest absolute Gasteiger partial charge is 0.191 e. The van der Waals surface area contributed by atoms with Crippen molar-refractivity contribution in [2.24, 2.45) is 0 Å². The minimum atomic E-state index is 0.832. The summed E-state index contributed by atoms with van der Waals surface area (Å²) >= 11 is 1.74. The first-order valence-electron chi connectivity index (χ1n) is 7.79. The van der Waals surface area contributed by atoms with Crippen LogP contribution in [0.5, 0.6) is 0 Å². The van der Waals surface area contributed by atoms with Gasteiger partial charge in [0.15, 0.2) is 5.16 Å². The van der Waals surface area contributed by atoms with Gasteiger partial charge in [-0.05, 0) is 31.4 Å². The molecule has 114 valence electrons. The molecule has 22 heavy (non-hydrogen) atoms. The van der Waals surface area contributed by atoms with Crippen LogP contribution < -0.4 is 0 Å². The maximum absolute atomic E-state index is 4.67. The molecule has 0 N–H and O–H groups in total. The van der Waals surface area contributed by atoms with Crippen LogP contribution in [0.3, 0.4) is 0 Å². The third-order valence-corrected chi connectivity index (χ3v) is 5.07. The first-order valence-corrected chi connectivity index (χ1v) is 8.77. The summed E-state index contributed by atoms with van der Waals surface area (Å²) in [6.07, 6.45) is 9.02. The molecule has 5 nitrogen and oxygen atoms in total. The predicted octanol–water partition coefficient (Wildman–Crippen LogP) is 3.25. The highest BCUT2D eigenvalue weighted by Gasteiger charge is 2.15. The Labute approximate surface area is 133 Å². The molecule has 0 bridgehead atoms. The maximum atomic E-state index is 4.67. The van der Waals surface area contributed by atoms with E-state index in [0.717, 1.165) is 41.0 Å². The first-order chi connectivity index (χ1) is 10.8. The molecule has 1 aliphatic rings. The number of nitrogens with zero attached hydrogens (tertiary/aromatic N) is 5. The second-order valence-electron chi connectivity index (χ2n) is 5.85. The summed E-state index contributed by atoms with van der Waals surface area (Å²) in [6.45, 7) is 3.15. The predicted molar refractivity (Wildman–Crippen MR) is 87.1 cm³/mol. The molecule has 0 atom stereocenters. The summed E-state index contributed by atoms with van der Waals surface area (Å²) in [5.41, 5.74) is 3.33. The standard InChI is InChI=1S/C16H19N5S/c1-12-6-7-14-17-13(10-20(14)9-12)11-22-16-19-18-15-5-3-2-4-8-21(15)16/h6-7,9-10H,2-5,8,11H2,1H3. The lowest BCUT2D eigenvalue weighted by Gasteiger charge is -2.05. The minimum absolute atomic E-state index is 0.832. The van der Waals surface area contributed by atoms with E-state index in [1.807, 2.05) is 0 Å². The number of rotatable bonds is 3. The Kier molecular flexibility index (Phi) is 3.62. The molecule has 0 amide bonds. The van der Waals surface area contributed by atoms with Crippen LogP contribution in [0.2, 0.25) is 0 Å². The van der Waals surface area contributed by atoms with Crippen LogP contribution in [0.15, 0.2) is 29.7 Å². The summed E-state index contributed by atoms with van der Waals surface area (Å²) in [6, 6.07) is 4.16. The monoisotopic (exact) mass is 313 g/mol. The molecule has 3 aromatic rings. The normalized spacial score (nSPS) is 15.0. The Balaban J connectivity index is 1.53. The molecular formula is C16H19N5S. The quantitative estimate of drug-likeness (QED) is 0.696. The van der Waals surface area contributed by atoms with E-state index < -0.39 is 0 Å². The highest BCUT2D eigenvalue weighted by atomic mass is 32.2. The van der Waals surface area contributed by atoms with Crippen LogP contribution in [-0.2, 0) is 18.7 Å². The Hall–Kier alpha value is -1.82. The maximum Gasteiger partial charge on any atom is 0.191 e. The van der Waals surface area contributed by atoms with Gasteiger partial charge in [0.25, 0.3) is 0 Å². The first kappa shape index (κ1) is 13.8. The third kappa shape index (κ3) is 2.63. The number of imidazole rings is 1. The van der Waals surface area contributed by atoms with Gasteiger partial charge in [-0.1, -0.05) is 24.2 Å². The summed E-state index contributed by atoms with van der Waals surface area (Å²) in [4.78, 5) is 4.67. The molecular weight excluding hydrogens is 294 g/mol. The van der Waals surface area contributed by atoms with E-state index in [1.165, 1.54) is 24.8 Å². The van der Waals surface area contributed by atoms with Crippen LogP contribution in [0.4, 0.5) is 0 Å². The van der Waals surface area contributed by atoms with Gasteiger partial charge in [0.05, 0.1) is 5.69 Å². The van der Waals surface area contributed by atoms with Crippen molar-refractivity contribution in [2.45, 2.75) is 50.1 Å². The summed E-state index contributed by atoms with van der Waals surface area (Å²) < 4.78 is 4.38. The molecule has 0 aliphatic carbocycles. The van der Waals surface area contributed by atoms with Crippen LogP contribution in [0.25, 0.3) is 5.65 Å². The lowest BCUT2D eigenvalue weighted by Crippen LogP contribution is -2.02. The van der Waals surface area contributed by atoms with Crippen molar-refractivity contribution in [3.05, 3.63) is 41.6 Å². The molecule has 0 unspecified atom stereocenters. The molecule has 0 fully saturated rings. The fourth-order valence-electron chi connectivity index (χ4n) is 2.93. The van der Waals surface area contributed by atoms with Crippen LogP contribution in [0, 0.1) is 6.92 Å². The van der Waals surface area contributed by atoms with Gasteiger partial charge in [-0.3, -0.25) is 0 Å². The molecule has 0 radical (unpaired) electrons. The molecule has 0 saturated carbocycles. The van der Waals surface area contributed by atoms with Crippen LogP contribution in [0.1, 0.15) is 36.3 Å². The molecule has 4 heterocycles. The van der Waals surface area contributed by atoms with E-state index in [4.69, 9.17) is 0 Å². The number of aromatic nitrogens is 5. The average molecular weight is 313 g/mol.